The standard InChI is InChI=1S/C17H13F2N5O2/c18-15(19)12-6-11-2-1-5-24(17(21)26,16(11)23-13(12)9-25)14-4-3-10(7-20)8-22-14/h3-4,6,8-9,15H,1-2,5H2,(H-,21,26)/p+1. The Morgan fingerprint density at radius 1 is 1.42 bits per heavy atom. The number of urea groups is 1. The van der Waals surface area contributed by atoms with E-state index < -0.39 is 28.2 Å². The molecule has 1 unspecified atom stereocenters. The van der Waals surface area contributed by atoms with E-state index in [1.54, 1.807) is 0 Å². The number of aromatic nitrogens is 2. The topological polar surface area (TPSA) is 110 Å². The lowest BCUT2D eigenvalue weighted by Gasteiger charge is -2.35. The average molecular weight is 358 g/mol. The first-order chi connectivity index (χ1) is 12.4. The number of quaternary nitrogens is 1. The first-order valence-electron chi connectivity index (χ1n) is 7.76. The molecule has 0 fully saturated rings. The summed E-state index contributed by atoms with van der Waals surface area (Å²) in [5.41, 5.74) is 5.47. The van der Waals surface area contributed by atoms with E-state index >= 15 is 0 Å². The number of carbonyl (C=O) groups excluding carboxylic acids is 2. The maximum absolute atomic E-state index is 13.2. The lowest BCUT2D eigenvalue weighted by atomic mass is 9.99. The van der Waals surface area contributed by atoms with Crippen LogP contribution in [0.25, 0.3) is 0 Å². The molecule has 1 aliphatic heterocycles. The van der Waals surface area contributed by atoms with Gasteiger partial charge in [0.2, 0.25) is 11.6 Å². The third-order valence-corrected chi connectivity index (χ3v) is 4.43. The molecule has 0 radical (unpaired) electrons. The molecular weight excluding hydrogens is 344 g/mol. The molecule has 0 aromatic carbocycles. The normalized spacial score (nSPS) is 18.8. The molecule has 26 heavy (non-hydrogen) atoms. The molecule has 2 aromatic rings. The van der Waals surface area contributed by atoms with Crippen LogP contribution in [0.1, 0.15) is 40.0 Å². The van der Waals surface area contributed by atoms with Crippen molar-refractivity contribution in [3.8, 4) is 6.07 Å². The zero-order valence-electron chi connectivity index (χ0n) is 13.5. The van der Waals surface area contributed by atoms with Crippen molar-refractivity contribution < 1.29 is 18.4 Å². The fraction of sp³-hybridized carbons (Fsp3) is 0.235. The summed E-state index contributed by atoms with van der Waals surface area (Å²) in [4.78, 5) is 31.9. The number of aldehydes is 1. The maximum atomic E-state index is 13.2. The van der Waals surface area contributed by atoms with E-state index in [1.165, 1.54) is 24.4 Å². The fourth-order valence-corrected chi connectivity index (χ4v) is 3.20. The Bertz CT molecular complexity index is 924. The van der Waals surface area contributed by atoms with Gasteiger partial charge in [0, 0.05) is 23.6 Å². The van der Waals surface area contributed by atoms with Crippen LogP contribution >= 0.6 is 0 Å². The Hall–Kier alpha value is -3.25. The van der Waals surface area contributed by atoms with Gasteiger partial charge in [0.25, 0.3) is 6.43 Å². The molecule has 0 saturated carbocycles. The number of alkyl halides is 2. The second-order valence-corrected chi connectivity index (χ2v) is 5.86. The predicted octanol–water partition coefficient (Wildman–Crippen LogP) is 2.76. The van der Waals surface area contributed by atoms with Crippen molar-refractivity contribution in [1.82, 2.24) is 14.5 Å². The van der Waals surface area contributed by atoms with Gasteiger partial charge in [-0.05, 0) is 18.6 Å². The number of hydrogen-bond acceptors (Lipinski definition) is 5. The number of rotatable bonds is 3. The van der Waals surface area contributed by atoms with Crippen molar-refractivity contribution in [3.05, 3.63) is 46.8 Å². The van der Waals surface area contributed by atoms with Crippen LogP contribution in [-0.4, -0.2) is 28.8 Å². The summed E-state index contributed by atoms with van der Waals surface area (Å²) in [5.74, 6) is 0.332. The number of halogens is 2. The van der Waals surface area contributed by atoms with E-state index in [-0.39, 0.29) is 24.5 Å². The first kappa shape index (κ1) is 17.6. The maximum Gasteiger partial charge on any atom is 0.426 e. The highest BCUT2D eigenvalue weighted by Gasteiger charge is 2.47. The van der Waals surface area contributed by atoms with Gasteiger partial charge >= 0.3 is 6.03 Å². The van der Waals surface area contributed by atoms with Gasteiger partial charge in [-0.1, -0.05) is 0 Å². The van der Waals surface area contributed by atoms with E-state index in [9.17, 15) is 18.4 Å². The van der Waals surface area contributed by atoms with Crippen molar-refractivity contribution in [2.45, 2.75) is 19.3 Å². The Kier molecular flexibility index (Phi) is 4.44. The minimum Gasteiger partial charge on any atom is -0.318 e. The van der Waals surface area contributed by atoms with E-state index in [1.807, 2.05) is 6.07 Å². The van der Waals surface area contributed by atoms with Gasteiger partial charge in [-0.2, -0.15) is 10.2 Å². The van der Waals surface area contributed by atoms with E-state index in [2.05, 4.69) is 9.97 Å². The van der Waals surface area contributed by atoms with E-state index in [0.29, 0.717) is 24.0 Å². The second-order valence-electron chi connectivity index (χ2n) is 5.86. The number of primary amides is 1. The molecule has 3 heterocycles. The van der Waals surface area contributed by atoms with Crippen molar-refractivity contribution in [1.29, 1.82) is 5.26 Å². The summed E-state index contributed by atoms with van der Waals surface area (Å²) in [5, 5.41) is 8.91. The third-order valence-electron chi connectivity index (χ3n) is 4.43. The lowest BCUT2D eigenvalue weighted by molar-refractivity contribution is 0.110. The van der Waals surface area contributed by atoms with Crippen molar-refractivity contribution in [3.63, 3.8) is 0 Å². The second kappa shape index (κ2) is 6.57. The van der Waals surface area contributed by atoms with Gasteiger partial charge < -0.3 is 5.73 Å². The molecular formula is C17H14F2N5O2+. The fourth-order valence-electron chi connectivity index (χ4n) is 3.20. The molecule has 1 aliphatic rings. The summed E-state index contributed by atoms with van der Waals surface area (Å²) in [7, 11) is 0. The Morgan fingerprint density at radius 3 is 2.73 bits per heavy atom. The number of nitrogens with zero attached hydrogens (tertiary/aromatic N) is 4. The van der Waals surface area contributed by atoms with Gasteiger partial charge in [0.1, 0.15) is 18.3 Å². The summed E-state index contributed by atoms with van der Waals surface area (Å²) < 4.78 is 25.8. The van der Waals surface area contributed by atoms with Gasteiger partial charge in [-0.25, -0.2) is 18.6 Å². The number of nitrogens with two attached hydrogens (primary N) is 1. The number of carbonyl (C=O) groups is 2. The van der Waals surface area contributed by atoms with Crippen LogP contribution < -0.4 is 10.2 Å². The highest BCUT2D eigenvalue weighted by molar-refractivity contribution is 5.92. The third kappa shape index (κ3) is 2.60. The van der Waals surface area contributed by atoms with E-state index in [0.717, 1.165) is 0 Å². The highest BCUT2D eigenvalue weighted by atomic mass is 19.3. The molecule has 132 valence electrons. The molecule has 7 nitrogen and oxygen atoms in total. The van der Waals surface area contributed by atoms with Crippen LogP contribution in [0.4, 0.5) is 25.2 Å². The molecule has 1 atom stereocenters. The van der Waals surface area contributed by atoms with Gasteiger partial charge in [-0.3, -0.25) is 4.79 Å². The van der Waals surface area contributed by atoms with Gasteiger partial charge in [-0.15, -0.1) is 4.48 Å². The minimum atomic E-state index is -2.86. The van der Waals surface area contributed by atoms with Crippen LogP contribution in [0.15, 0.2) is 24.4 Å². The summed E-state index contributed by atoms with van der Waals surface area (Å²) in [6.07, 6.45) is -0.426. The number of amides is 2. The molecule has 2 aromatic heterocycles. The molecule has 2 amide bonds. The molecule has 0 bridgehead atoms. The molecule has 0 saturated heterocycles. The highest BCUT2D eigenvalue weighted by Crippen LogP contribution is 2.40. The van der Waals surface area contributed by atoms with Crippen molar-refractivity contribution >= 4 is 24.0 Å². The van der Waals surface area contributed by atoms with Crippen LogP contribution in [0.2, 0.25) is 0 Å². The summed E-state index contributed by atoms with van der Waals surface area (Å²) >= 11 is 0. The van der Waals surface area contributed by atoms with Crippen LogP contribution in [0.5, 0.6) is 0 Å². The Labute approximate surface area is 147 Å². The Balaban J connectivity index is 2.28. The van der Waals surface area contributed by atoms with Gasteiger partial charge in [0.05, 0.1) is 11.8 Å². The number of fused-ring (bicyclic) bond motifs is 1. The quantitative estimate of drug-likeness (QED) is 0.670. The number of pyridine rings is 2. The van der Waals surface area contributed by atoms with Gasteiger partial charge in [0.15, 0.2) is 6.29 Å². The molecule has 9 heteroatoms. The summed E-state index contributed by atoms with van der Waals surface area (Å²) in [6.45, 7) is 0.223. The minimum absolute atomic E-state index is 0.118. The van der Waals surface area contributed by atoms with Crippen molar-refractivity contribution in [2.24, 2.45) is 5.73 Å². The number of nitriles is 1. The molecule has 0 spiro atoms. The zero-order valence-corrected chi connectivity index (χ0v) is 13.5. The zero-order chi connectivity index (χ0) is 18.9. The molecule has 3 rings (SSSR count). The average Bonchev–Trinajstić information content (AvgIpc) is 2.66. The van der Waals surface area contributed by atoms with E-state index in [4.69, 9.17) is 11.0 Å². The molecule has 2 N–H and O–H groups in total. The number of hydrogen-bond donors (Lipinski definition) is 1. The van der Waals surface area contributed by atoms with Crippen LogP contribution in [0.3, 0.4) is 0 Å². The van der Waals surface area contributed by atoms with Crippen LogP contribution in [0, 0.1) is 11.3 Å². The first-order valence-corrected chi connectivity index (χ1v) is 7.76. The predicted molar refractivity (Wildman–Crippen MR) is 87.8 cm³/mol. The Morgan fingerprint density at radius 2 is 2.19 bits per heavy atom. The summed E-state index contributed by atoms with van der Waals surface area (Å²) in [6, 6.07) is 5.29. The SMILES string of the molecule is N#Cc1ccc([N+]2(C(N)=O)CCCc3cc(C(F)F)c(C=O)nc32)nc1. The lowest BCUT2D eigenvalue weighted by Crippen LogP contribution is -2.56. The van der Waals surface area contributed by atoms with Crippen LogP contribution in [-0.2, 0) is 6.42 Å². The largest absolute Gasteiger partial charge is 0.426 e. The smallest absolute Gasteiger partial charge is 0.318 e. The number of aryl methyl sites for hydroxylation is 1. The van der Waals surface area contributed by atoms with Crippen molar-refractivity contribution in [2.75, 3.05) is 6.54 Å². The molecule has 0 aliphatic carbocycles. The monoisotopic (exact) mass is 358 g/mol.